The number of benzene rings is 2. The molecule has 5 rings (SSSR count). The Kier molecular flexibility index (Phi) is 7.36. The number of alkyl halides is 3. The van der Waals surface area contributed by atoms with E-state index in [1.807, 2.05) is 4.90 Å². The second-order valence-corrected chi connectivity index (χ2v) is 10.3. The molecular weight excluding hydrogens is 510 g/mol. The zero-order chi connectivity index (χ0) is 27.2. The molecule has 0 amide bonds. The summed E-state index contributed by atoms with van der Waals surface area (Å²) in [5.41, 5.74) is 0.922. The van der Waals surface area contributed by atoms with Gasteiger partial charge in [0.15, 0.2) is 0 Å². The summed E-state index contributed by atoms with van der Waals surface area (Å²) in [7, 11) is 0. The number of fused-ring (bicyclic) bond motifs is 3. The van der Waals surface area contributed by atoms with E-state index in [9.17, 15) is 22.7 Å². The summed E-state index contributed by atoms with van der Waals surface area (Å²) in [6.07, 6.45) is 0.605. The highest BCUT2D eigenvalue weighted by Gasteiger charge is 2.44. The lowest BCUT2D eigenvalue weighted by Gasteiger charge is -2.42. The molecular formula is C27H30F6N4O. The third-order valence-corrected chi connectivity index (χ3v) is 7.51. The zero-order valence-corrected chi connectivity index (χ0v) is 20.9. The van der Waals surface area contributed by atoms with Crippen molar-refractivity contribution in [2.45, 2.75) is 43.8 Å². The molecule has 5 nitrogen and oxygen atoms in total. The van der Waals surface area contributed by atoms with E-state index in [1.165, 1.54) is 17.0 Å². The third kappa shape index (κ3) is 4.99. The van der Waals surface area contributed by atoms with Gasteiger partial charge in [-0.15, -0.1) is 0 Å². The first-order valence-electron chi connectivity index (χ1n) is 12.7. The molecule has 1 saturated heterocycles. The van der Waals surface area contributed by atoms with Crippen molar-refractivity contribution < 1.29 is 31.4 Å². The number of aliphatic hydroxyl groups is 1. The Morgan fingerprint density at radius 2 is 1.82 bits per heavy atom. The molecule has 206 valence electrons. The van der Waals surface area contributed by atoms with Crippen molar-refractivity contribution in [2.24, 2.45) is 0 Å². The average molecular weight is 541 g/mol. The van der Waals surface area contributed by atoms with E-state index in [1.54, 1.807) is 13.0 Å². The minimum atomic E-state index is -3.52. The number of aromatic amines is 1. The molecule has 0 spiro atoms. The minimum absolute atomic E-state index is 0.0583. The van der Waals surface area contributed by atoms with Crippen LogP contribution in [0.3, 0.4) is 0 Å². The number of nitrogens with one attached hydrogen (secondary N) is 2. The standard InChI is InChI=1S/C27H30F6N4O/c1-15-8-18-23-19(29)4-2-5-22(23)35-25(18)26(37(15)13-27(32,33)14-38)24-20(30)9-16(10-21(24)31)34-17-11-36(12-17)7-3-6-28/h2,4-5,9-10,15,17,26,34-35,38H,3,6-8,11-14H2,1H3/t15-,26?/m1/s1. The van der Waals surface area contributed by atoms with Crippen LogP contribution in [0, 0.1) is 17.5 Å². The van der Waals surface area contributed by atoms with Crippen molar-refractivity contribution in [3.63, 3.8) is 0 Å². The number of nitrogens with zero attached hydrogens (tertiary/aromatic N) is 2. The molecule has 2 aliphatic rings. The predicted octanol–water partition coefficient (Wildman–Crippen LogP) is 5.00. The van der Waals surface area contributed by atoms with Gasteiger partial charge in [-0.25, -0.2) is 22.0 Å². The van der Waals surface area contributed by atoms with Crippen LogP contribution in [0.25, 0.3) is 10.9 Å². The van der Waals surface area contributed by atoms with Gasteiger partial charge in [-0.2, -0.15) is 0 Å². The van der Waals surface area contributed by atoms with Crippen molar-refractivity contribution in [3.8, 4) is 0 Å². The van der Waals surface area contributed by atoms with Crippen LogP contribution < -0.4 is 5.32 Å². The van der Waals surface area contributed by atoms with E-state index in [4.69, 9.17) is 0 Å². The maximum Gasteiger partial charge on any atom is 0.283 e. The van der Waals surface area contributed by atoms with Crippen LogP contribution in [0.4, 0.5) is 32.0 Å². The van der Waals surface area contributed by atoms with Crippen molar-refractivity contribution >= 4 is 16.6 Å². The van der Waals surface area contributed by atoms with Gasteiger partial charge in [0, 0.05) is 53.5 Å². The quantitative estimate of drug-likeness (QED) is 0.335. The second kappa shape index (κ2) is 10.4. The topological polar surface area (TPSA) is 54.5 Å². The lowest BCUT2D eigenvalue weighted by Crippen LogP contribution is -2.54. The van der Waals surface area contributed by atoms with Crippen molar-refractivity contribution in [1.82, 2.24) is 14.8 Å². The first-order valence-corrected chi connectivity index (χ1v) is 12.7. The summed E-state index contributed by atoms with van der Waals surface area (Å²) in [5.74, 6) is -5.89. The number of H-pyrrole nitrogens is 1. The summed E-state index contributed by atoms with van der Waals surface area (Å²) < 4.78 is 87.4. The number of likely N-dealkylation sites (tertiary alicyclic amines) is 1. The highest BCUT2D eigenvalue weighted by atomic mass is 19.3. The van der Waals surface area contributed by atoms with Crippen LogP contribution in [0.15, 0.2) is 30.3 Å². The molecule has 1 fully saturated rings. The van der Waals surface area contributed by atoms with Crippen LogP contribution in [0.2, 0.25) is 0 Å². The maximum absolute atomic E-state index is 15.7. The lowest BCUT2D eigenvalue weighted by molar-refractivity contribution is -0.0869. The number of aliphatic hydroxyl groups excluding tert-OH is 1. The Morgan fingerprint density at radius 3 is 2.47 bits per heavy atom. The van der Waals surface area contributed by atoms with Crippen molar-refractivity contribution in [3.05, 3.63) is 64.6 Å². The molecule has 3 N–H and O–H groups in total. The first kappa shape index (κ1) is 26.8. The molecule has 11 heteroatoms. The predicted molar refractivity (Wildman–Crippen MR) is 133 cm³/mol. The van der Waals surface area contributed by atoms with E-state index in [2.05, 4.69) is 10.3 Å². The molecule has 1 aromatic heterocycles. The molecule has 2 aromatic carbocycles. The van der Waals surface area contributed by atoms with E-state index in [0.717, 1.165) is 12.1 Å². The van der Waals surface area contributed by atoms with Gasteiger partial charge in [-0.05, 0) is 49.6 Å². The Morgan fingerprint density at radius 1 is 1.11 bits per heavy atom. The molecule has 0 aliphatic carbocycles. The molecule has 38 heavy (non-hydrogen) atoms. The summed E-state index contributed by atoms with van der Waals surface area (Å²) in [6, 6.07) is 4.68. The monoisotopic (exact) mass is 540 g/mol. The van der Waals surface area contributed by atoms with E-state index >= 15 is 8.78 Å². The van der Waals surface area contributed by atoms with Gasteiger partial charge < -0.3 is 15.4 Å². The Hall–Kier alpha value is -2.76. The van der Waals surface area contributed by atoms with Crippen LogP contribution in [0.1, 0.15) is 36.2 Å². The molecule has 3 aromatic rings. The van der Waals surface area contributed by atoms with Crippen molar-refractivity contribution in [2.75, 3.05) is 44.8 Å². The number of hydrogen-bond donors (Lipinski definition) is 3. The Bertz CT molecular complexity index is 1290. The molecule has 0 saturated carbocycles. The summed E-state index contributed by atoms with van der Waals surface area (Å²) in [5, 5.41) is 12.6. The summed E-state index contributed by atoms with van der Waals surface area (Å²) in [4.78, 5) is 6.32. The number of halogens is 6. The number of aromatic nitrogens is 1. The number of anilines is 1. The molecule has 1 unspecified atom stereocenters. The number of rotatable bonds is 9. The molecule has 0 radical (unpaired) electrons. The van der Waals surface area contributed by atoms with Gasteiger partial charge in [0.25, 0.3) is 5.92 Å². The first-order chi connectivity index (χ1) is 18.1. The van der Waals surface area contributed by atoms with Crippen LogP contribution in [-0.2, 0) is 6.42 Å². The van der Waals surface area contributed by atoms with Crippen molar-refractivity contribution in [1.29, 1.82) is 0 Å². The van der Waals surface area contributed by atoms with Gasteiger partial charge in [0.2, 0.25) is 0 Å². The largest absolute Gasteiger partial charge is 0.390 e. The fraction of sp³-hybridized carbons (Fsp3) is 0.481. The minimum Gasteiger partial charge on any atom is -0.390 e. The lowest BCUT2D eigenvalue weighted by atomic mass is 9.87. The molecule has 0 bridgehead atoms. The number of hydrogen-bond acceptors (Lipinski definition) is 4. The van der Waals surface area contributed by atoms with Crippen LogP contribution in [-0.4, -0.2) is 77.4 Å². The SMILES string of the molecule is C[C@@H]1Cc2c([nH]c3cccc(F)c23)C(c2c(F)cc(NC3CN(CCCF)C3)cc2F)N1CC(F)(F)CO. The highest BCUT2D eigenvalue weighted by molar-refractivity contribution is 5.86. The molecule has 2 atom stereocenters. The average Bonchev–Trinajstić information content (AvgIpc) is 3.21. The normalized spacial score (nSPS) is 21.1. The van der Waals surface area contributed by atoms with Gasteiger partial charge >= 0.3 is 0 Å². The second-order valence-electron chi connectivity index (χ2n) is 10.3. The summed E-state index contributed by atoms with van der Waals surface area (Å²) in [6.45, 7) is 0.700. The third-order valence-electron chi connectivity index (χ3n) is 7.51. The van der Waals surface area contributed by atoms with Crippen LogP contribution in [0.5, 0.6) is 0 Å². The smallest absolute Gasteiger partial charge is 0.283 e. The van der Waals surface area contributed by atoms with E-state index in [-0.39, 0.29) is 29.2 Å². The Labute approximate surface area is 216 Å². The fourth-order valence-corrected chi connectivity index (χ4v) is 5.73. The summed E-state index contributed by atoms with van der Waals surface area (Å²) >= 11 is 0. The van der Waals surface area contributed by atoms with Crippen LogP contribution >= 0.6 is 0 Å². The maximum atomic E-state index is 15.7. The van der Waals surface area contributed by atoms with E-state index < -0.39 is 60.8 Å². The zero-order valence-electron chi connectivity index (χ0n) is 20.9. The molecule has 3 heterocycles. The highest BCUT2D eigenvalue weighted by Crippen LogP contribution is 2.44. The Balaban J connectivity index is 1.52. The van der Waals surface area contributed by atoms with E-state index in [0.29, 0.717) is 37.1 Å². The molecule has 2 aliphatic heterocycles. The van der Waals surface area contributed by atoms with Gasteiger partial charge in [-0.3, -0.25) is 14.2 Å². The van der Waals surface area contributed by atoms with Gasteiger partial charge in [0.1, 0.15) is 24.1 Å². The fourth-order valence-electron chi connectivity index (χ4n) is 5.73. The van der Waals surface area contributed by atoms with Gasteiger partial charge in [0.05, 0.1) is 25.3 Å². The van der Waals surface area contributed by atoms with Gasteiger partial charge in [-0.1, -0.05) is 6.07 Å².